The fourth-order valence-electron chi connectivity index (χ4n) is 3.51. The molecule has 0 aromatic heterocycles. The number of allylic oxidation sites excluding steroid dienone is 1. The average molecular weight is 336 g/mol. The van der Waals surface area contributed by atoms with Crippen LogP contribution in [0.1, 0.15) is 33.7 Å². The third kappa shape index (κ3) is 2.76. The molecule has 0 nitrogen and oxygen atoms in total. The summed E-state index contributed by atoms with van der Waals surface area (Å²) in [6.45, 7) is 0. The molecule has 0 bridgehead atoms. The van der Waals surface area contributed by atoms with Crippen LogP contribution in [0.4, 0.5) is 13.2 Å². The molecule has 0 N–H and O–H groups in total. The number of rotatable bonds is 2. The van der Waals surface area contributed by atoms with Crippen LogP contribution in [0.2, 0.25) is 0 Å². The maximum Gasteiger partial charge on any atom is 0.416 e. The number of fused-ring (bicyclic) bond motifs is 1. The minimum absolute atomic E-state index is 0.299. The lowest BCUT2D eigenvalue weighted by Crippen LogP contribution is -2.11. The van der Waals surface area contributed by atoms with Crippen LogP contribution in [0, 0.1) is 0 Å². The van der Waals surface area contributed by atoms with Gasteiger partial charge in [-0.2, -0.15) is 13.2 Å². The van der Waals surface area contributed by atoms with Crippen molar-refractivity contribution in [2.45, 2.75) is 12.1 Å². The molecule has 0 heterocycles. The molecule has 1 atom stereocenters. The summed E-state index contributed by atoms with van der Waals surface area (Å²) in [6.07, 6.45) is -2.42. The van der Waals surface area contributed by atoms with Crippen molar-refractivity contribution in [1.29, 1.82) is 0 Å². The van der Waals surface area contributed by atoms with Gasteiger partial charge in [0.05, 0.1) is 5.56 Å². The highest BCUT2D eigenvalue weighted by molar-refractivity contribution is 5.86. The van der Waals surface area contributed by atoms with E-state index < -0.39 is 17.7 Å². The Bertz CT molecular complexity index is 937. The van der Waals surface area contributed by atoms with Gasteiger partial charge in [-0.05, 0) is 33.9 Å². The number of halogens is 3. The smallest absolute Gasteiger partial charge is 0.166 e. The largest absolute Gasteiger partial charge is 0.416 e. The molecule has 0 spiro atoms. The van der Waals surface area contributed by atoms with Crippen molar-refractivity contribution in [3.05, 3.63) is 113 Å². The lowest BCUT2D eigenvalue weighted by Gasteiger charge is -2.17. The van der Waals surface area contributed by atoms with Gasteiger partial charge in [0.1, 0.15) is 0 Å². The van der Waals surface area contributed by atoms with Gasteiger partial charge in [-0.15, -0.1) is 0 Å². The minimum atomic E-state index is -4.37. The highest BCUT2D eigenvalue weighted by Crippen LogP contribution is 2.45. The molecular formula is C22H15F3. The molecule has 1 unspecified atom stereocenters. The quantitative estimate of drug-likeness (QED) is 0.516. The van der Waals surface area contributed by atoms with E-state index in [0.717, 1.165) is 28.3 Å². The first-order valence-corrected chi connectivity index (χ1v) is 8.08. The lowest BCUT2D eigenvalue weighted by atomic mass is 9.89. The highest BCUT2D eigenvalue weighted by Gasteiger charge is 2.36. The summed E-state index contributed by atoms with van der Waals surface area (Å²) < 4.78 is 40.4. The average Bonchev–Trinajstić information content (AvgIpc) is 3.01. The van der Waals surface area contributed by atoms with Gasteiger partial charge < -0.3 is 0 Å². The molecule has 1 aliphatic rings. The molecule has 3 aromatic carbocycles. The van der Waals surface area contributed by atoms with Crippen LogP contribution in [0.3, 0.4) is 0 Å². The molecule has 0 amide bonds. The van der Waals surface area contributed by atoms with Crippen LogP contribution in [0.15, 0.2) is 84.9 Å². The van der Waals surface area contributed by atoms with E-state index in [0.29, 0.717) is 5.56 Å². The van der Waals surface area contributed by atoms with E-state index in [1.54, 1.807) is 12.1 Å². The van der Waals surface area contributed by atoms with Gasteiger partial charge >= 0.3 is 6.18 Å². The molecule has 25 heavy (non-hydrogen) atoms. The zero-order valence-corrected chi connectivity index (χ0v) is 13.3. The fraction of sp³-hybridized carbons (Fsp3) is 0.0909. The number of benzene rings is 3. The molecule has 0 saturated heterocycles. The molecule has 0 fully saturated rings. The first-order valence-electron chi connectivity index (χ1n) is 8.08. The van der Waals surface area contributed by atoms with Gasteiger partial charge in [-0.25, -0.2) is 0 Å². The Morgan fingerprint density at radius 2 is 1.24 bits per heavy atom. The van der Waals surface area contributed by atoms with E-state index in [1.165, 1.54) is 6.07 Å². The van der Waals surface area contributed by atoms with Gasteiger partial charge in [0.15, 0.2) is 0 Å². The van der Waals surface area contributed by atoms with Crippen molar-refractivity contribution >= 4 is 5.57 Å². The number of alkyl halides is 3. The minimum Gasteiger partial charge on any atom is -0.166 e. The second-order valence-electron chi connectivity index (χ2n) is 6.10. The predicted molar refractivity (Wildman–Crippen MR) is 93.3 cm³/mol. The number of hydrogen-bond donors (Lipinski definition) is 0. The molecule has 0 aliphatic heterocycles. The van der Waals surface area contributed by atoms with E-state index in [-0.39, 0.29) is 0 Å². The summed E-state index contributed by atoms with van der Waals surface area (Å²) in [7, 11) is 0. The molecule has 124 valence electrons. The summed E-state index contributed by atoms with van der Waals surface area (Å²) in [6, 6.07) is 23.3. The third-order valence-corrected chi connectivity index (χ3v) is 4.61. The van der Waals surface area contributed by atoms with Gasteiger partial charge in [-0.1, -0.05) is 78.9 Å². The van der Waals surface area contributed by atoms with Gasteiger partial charge in [0.2, 0.25) is 0 Å². The van der Waals surface area contributed by atoms with Crippen LogP contribution in [0.25, 0.3) is 5.57 Å². The molecular weight excluding hydrogens is 321 g/mol. The summed E-state index contributed by atoms with van der Waals surface area (Å²) in [4.78, 5) is 0. The predicted octanol–water partition coefficient (Wildman–Crippen LogP) is 6.28. The second kappa shape index (κ2) is 5.92. The van der Waals surface area contributed by atoms with Gasteiger partial charge in [0.25, 0.3) is 0 Å². The van der Waals surface area contributed by atoms with Crippen LogP contribution in [-0.2, 0) is 6.18 Å². The molecule has 4 rings (SSSR count). The Balaban J connectivity index is 1.91. The van der Waals surface area contributed by atoms with Crippen LogP contribution in [-0.4, -0.2) is 0 Å². The Labute approximate surface area is 144 Å². The van der Waals surface area contributed by atoms with Crippen molar-refractivity contribution in [3.8, 4) is 0 Å². The van der Waals surface area contributed by atoms with Crippen molar-refractivity contribution in [2.24, 2.45) is 0 Å². The van der Waals surface area contributed by atoms with Crippen molar-refractivity contribution in [2.75, 3.05) is 0 Å². The van der Waals surface area contributed by atoms with Crippen molar-refractivity contribution in [3.63, 3.8) is 0 Å². The third-order valence-electron chi connectivity index (χ3n) is 4.61. The maximum atomic E-state index is 13.5. The van der Waals surface area contributed by atoms with E-state index >= 15 is 0 Å². The van der Waals surface area contributed by atoms with Crippen molar-refractivity contribution in [1.82, 2.24) is 0 Å². The fourth-order valence-corrected chi connectivity index (χ4v) is 3.51. The van der Waals surface area contributed by atoms with E-state index in [1.807, 2.05) is 60.7 Å². The number of hydrogen-bond acceptors (Lipinski definition) is 0. The maximum absolute atomic E-state index is 13.5. The van der Waals surface area contributed by atoms with Gasteiger partial charge in [-0.3, -0.25) is 0 Å². The summed E-state index contributed by atoms with van der Waals surface area (Å²) in [5.41, 5.74) is 3.64. The van der Waals surface area contributed by atoms with Crippen LogP contribution >= 0.6 is 0 Å². The standard InChI is InChI=1S/C22H15F3/c23-22(24,25)21-13-7-6-12-18(21)20-14-19(15-8-2-1-3-9-15)16-10-4-5-11-17(16)20/h1-14,20H. The van der Waals surface area contributed by atoms with Gasteiger partial charge in [0, 0.05) is 5.92 Å². The topological polar surface area (TPSA) is 0 Å². The molecule has 3 heteroatoms. The highest BCUT2D eigenvalue weighted by atomic mass is 19.4. The Morgan fingerprint density at radius 3 is 1.96 bits per heavy atom. The summed E-state index contributed by atoms with van der Waals surface area (Å²) >= 11 is 0. The Hall–Kier alpha value is -2.81. The first-order chi connectivity index (χ1) is 12.1. The summed E-state index contributed by atoms with van der Waals surface area (Å²) in [5.74, 6) is -0.399. The zero-order valence-electron chi connectivity index (χ0n) is 13.3. The Morgan fingerprint density at radius 1 is 0.640 bits per heavy atom. The lowest BCUT2D eigenvalue weighted by molar-refractivity contribution is -0.138. The SMILES string of the molecule is FC(F)(F)c1ccccc1C1C=C(c2ccccc2)c2ccccc21. The van der Waals surface area contributed by atoms with Crippen molar-refractivity contribution < 1.29 is 13.2 Å². The normalized spacial score (nSPS) is 16.4. The van der Waals surface area contributed by atoms with E-state index in [9.17, 15) is 13.2 Å². The van der Waals surface area contributed by atoms with E-state index in [4.69, 9.17) is 0 Å². The molecule has 0 saturated carbocycles. The zero-order chi connectivity index (χ0) is 17.4. The molecule has 0 radical (unpaired) electrons. The van der Waals surface area contributed by atoms with Crippen LogP contribution < -0.4 is 0 Å². The second-order valence-corrected chi connectivity index (χ2v) is 6.10. The Kier molecular flexibility index (Phi) is 3.72. The monoisotopic (exact) mass is 336 g/mol. The summed E-state index contributed by atoms with van der Waals surface area (Å²) in [5, 5.41) is 0. The molecule has 1 aliphatic carbocycles. The van der Waals surface area contributed by atoms with Crippen LogP contribution in [0.5, 0.6) is 0 Å². The van der Waals surface area contributed by atoms with E-state index in [2.05, 4.69) is 0 Å². The molecule has 3 aromatic rings. The first kappa shape index (κ1) is 15.7.